The van der Waals surface area contributed by atoms with Crippen molar-refractivity contribution in [1.82, 2.24) is 9.88 Å². The van der Waals surface area contributed by atoms with Crippen LogP contribution in [-0.4, -0.2) is 29.4 Å². The summed E-state index contributed by atoms with van der Waals surface area (Å²) in [6.45, 7) is 1.71. The van der Waals surface area contributed by atoms with Crippen molar-refractivity contribution >= 4 is 22.4 Å². The van der Waals surface area contributed by atoms with Crippen molar-refractivity contribution in [3.05, 3.63) is 58.3 Å². The van der Waals surface area contributed by atoms with E-state index in [1.165, 1.54) is 35.6 Å². The number of rotatable bonds is 3. The largest absolute Gasteiger partial charge is 0.451 e. The number of thiazole rings is 1. The smallest absolute Gasteiger partial charge is 0.416 e. The molecule has 0 radical (unpaired) electrons. The van der Waals surface area contributed by atoms with E-state index < -0.39 is 17.6 Å². The molecule has 0 fully saturated rings. The Kier molecular flexibility index (Phi) is 4.72. The van der Waals surface area contributed by atoms with E-state index in [4.69, 9.17) is 4.42 Å². The molecule has 0 bridgehead atoms. The number of alkyl halides is 3. The number of hydrogen-bond acceptors (Lipinski definition) is 5. The lowest BCUT2D eigenvalue weighted by Crippen LogP contribution is -2.25. The Balaban J connectivity index is 1.51. The summed E-state index contributed by atoms with van der Waals surface area (Å²) < 4.78 is 44.1. The van der Waals surface area contributed by atoms with Gasteiger partial charge in [0.05, 0.1) is 11.3 Å². The zero-order valence-electron chi connectivity index (χ0n) is 14.8. The van der Waals surface area contributed by atoms with Gasteiger partial charge in [0, 0.05) is 30.0 Å². The summed E-state index contributed by atoms with van der Waals surface area (Å²) in [6, 6.07) is 7.70. The van der Waals surface area contributed by atoms with Gasteiger partial charge < -0.3 is 9.32 Å². The van der Waals surface area contributed by atoms with Gasteiger partial charge in [0.2, 0.25) is 0 Å². The molecular weight excluding hydrogens is 391 g/mol. The van der Waals surface area contributed by atoms with Gasteiger partial charge in [-0.15, -0.1) is 11.3 Å². The Morgan fingerprint density at radius 2 is 2.11 bits per heavy atom. The molecule has 146 valence electrons. The quantitative estimate of drug-likeness (QED) is 0.686. The van der Waals surface area contributed by atoms with Crippen LogP contribution in [0.1, 0.15) is 26.7 Å². The van der Waals surface area contributed by atoms with E-state index in [0.717, 1.165) is 42.2 Å². The van der Waals surface area contributed by atoms with Crippen LogP contribution in [0, 0.1) is 0 Å². The molecule has 0 unspecified atom stereocenters. The predicted octanol–water partition coefficient (Wildman–Crippen LogP) is 4.66. The van der Waals surface area contributed by atoms with Crippen LogP contribution in [0.4, 0.5) is 18.3 Å². The number of carbonyl (C=O) groups is 1. The van der Waals surface area contributed by atoms with E-state index in [2.05, 4.69) is 15.2 Å². The fourth-order valence-electron chi connectivity index (χ4n) is 3.00. The molecule has 0 aliphatic carbocycles. The topological polar surface area (TPSA) is 58.4 Å². The Labute approximate surface area is 162 Å². The first kappa shape index (κ1) is 18.7. The Morgan fingerprint density at radius 3 is 2.89 bits per heavy atom. The molecule has 2 aromatic heterocycles. The molecule has 0 atom stereocenters. The third-order valence-electron chi connectivity index (χ3n) is 4.45. The number of benzene rings is 1. The Hall–Kier alpha value is -2.65. The molecule has 0 saturated heterocycles. The molecule has 0 spiro atoms. The molecule has 0 saturated carbocycles. The van der Waals surface area contributed by atoms with Crippen molar-refractivity contribution in [3.63, 3.8) is 0 Å². The van der Waals surface area contributed by atoms with Crippen LogP contribution >= 0.6 is 11.3 Å². The standard InChI is InChI=1S/C19H16F3N3O2S/c1-25-8-7-13-16(10-25)28-18(23-13)24-17(26)15-6-5-14(27-15)11-3-2-4-12(9-11)19(20,21)22/h2-6,9H,7-8,10H2,1H3,(H,23,24,26). The fourth-order valence-corrected chi connectivity index (χ4v) is 4.08. The van der Waals surface area contributed by atoms with Crippen LogP contribution in [-0.2, 0) is 19.1 Å². The third-order valence-corrected chi connectivity index (χ3v) is 5.44. The minimum absolute atomic E-state index is 0.0118. The highest BCUT2D eigenvalue weighted by Gasteiger charge is 2.30. The highest BCUT2D eigenvalue weighted by molar-refractivity contribution is 7.15. The molecule has 1 aromatic carbocycles. The summed E-state index contributed by atoms with van der Waals surface area (Å²) in [6.07, 6.45) is -3.61. The van der Waals surface area contributed by atoms with E-state index in [0.29, 0.717) is 5.13 Å². The van der Waals surface area contributed by atoms with Gasteiger partial charge in [-0.2, -0.15) is 13.2 Å². The fraction of sp³-hybridized carbons (Fsp3) is 0.263. The van der Waals surface area contributed by atoms with Gasteiger partial charge in [0.1, 0.15) is 5.76 Å². The van der Waals surface area contributed by atoms with Crippen LogP contribution < -0.4 is 5.32 Å². The zero-order chi connectivity index (χ0) is 19.9. The summed E-state index contributed by atoms with van der Waals surface area (Å²) in [4.78, 5) is 20.2. The second-order valence-corrected chi connectivity index (χ2v) is 7.66. The minimum atomic E-state index is -4.44. The van der Waals surface area contributed by atoms with Gasteiger partial charge in [-0.1, -0.05) is 12.1 Å². The van der Waals surface area contributed by atoms with Crippen LogP contribution in [0.25, 0.3) is 11.3 Å². The molecule has 1 N–H and O–H groups in total. The lowest BCUT2D eigenvalue weighted by atomic mass is 10.1. The average molecular weight is 407 g/mol. The van der Waals surface area contributed by atoms with Crippen LogP contribution in [0.15, 0.2) is 40.8 Å². The van der Waals surface area contributed by atoms with Gasteiger partial charge in [-0.25, -0.2) is 4.98 Å². The number of furan rings is 1. The first-order valence-corrected chi connectivity index (χ1v) is 9.37. The molecule has 1 amide bonds. The number of nitrogens with zero attached hydrogens (tertiary/aromatic N) is 2. The summed E-state index contributed by atoms with van der Waals surface area (Å²) in [5.41, 5.74) is 0.467. The van der Waals surface area contributed by atoms with Crippen molar-refractivity contribution < 1.29 is 22.4 Å². The maximum absolute atomic E-state index is 12.9. The number of nitrogens with one attached hydrogen (secondary N) is 1. The normalized spacial score (nSPS) is 14.7. The van der Waals surface area contributed by atoms with Gasteiger partial charge >= 0.3 is 6.18 Å². The van der Waals surface area contributed by atoms with Crippen LogP contribution in [0.3, 0.4) is 0 Å². The predicted molar refractivity (Wildman–Crippen MR) is 99.3 cm³/mol. The van der Waals surface area contributed by atoms with Crippen molar-refractivity contribution in [2.45, 2.75) is 19.1 Å². The SMILES string of the molecule is CN1CCc2nc(NC(=O)c3ccc(-c4cccc(C(F)(F)F)c4)o3)sc2C1. The molecule has 3 aromatic rings. The number of carbonyl (C=O) groups excluding carboxylic acids is 1. The summed E-state index contributed by atoms with van der Waals surface area (Å²) in [7, 11) is 2.03. The van der Waals surface area contributed by atoms with Gasteiger partial charge in [-0.3, -0.25) is 10.1 Å². The first-order valence-electron chi connectivity index (χ1n) is 8.55. The van der Waals surface area contributed by atoms with E-state index in [1.807, 2.05) is 7.05 Å². The zero-order valence-corrected chi connectivity index (χ0v) is 15.7. The van der Waals surface area contributed by atoms with E-state index in [-0.39, 0.29) is 17.1 Å². The summed E-state index contributed by atoms with van der Waals surface area (Å²) in [5.74, 6) is -0.285. The maximum Gasteiger partial charge on any atom is 0.416 e. The number of amides is 1. The summed E-state index contributed by atoms with van der Waals surface area (Å²) >= 11 is 1.42. The lowest BCUT2D eigenvalue weighted by molar-refractivity contribution is -0.137. The molecule has 1 aliphatic heterocycles. The second-order valence-electron chi connectivity index (χ2n) is 6.57. The van der Waals surface area contributed by atoms with Crippen molar-refractivity contribution in [2.75, 3.05) is 18.9 Å². The average Bonchev–Trinajstić information content (AvgIpc) is 3.27. The highest BCUT2D eigenvalue weighted by Crippen LogP contribution is 2.33. The van der Waals surface area contributed by atoms with Crippen LogP contribution in [0.2, 0.25) is 0 Å². The molecule has 4 rings (SSSR count). The number of likely N-dealkylation sites (N-methyl/N-ethyl adjacent to an activating group) is 1. The van der Waals surface area contributed by atoms with E-state index in [1.54, 1.807) is 0 Å². The molecule has 9 heteroatoms. The molecule has 1 aliphatic rings. The van der Waals surface area contributed by atoms with E-state index in [9.17, 15) is 18.0 Å². The Morgan fingerprint density at radius 1 is 1.29 bits per heavy atom. The highest BCUT2D eigenvalue weighted by atomic mass is 32.1. The molecule has 5 nitrogen and oxygen atoms in total. The molecule has 3 heterocycles. The number of halogens is 3. The molecule has 28 heavy (non-hydrogen) atoms. The molecular formula is C19H16F3N3O2S. The van der Waals surface area contributed by atoms with Crippen LogP contribution in [0.5, 0.6) is 0 Å². The van der Waals surface area contributed by atoms with Crippen molar-refractivity contribution in [2.24, 2.45) is 0 Å². The lowest BCUT2D eigenvalue weighted by Gasteiger charge is -2.20. The Bertz CT molecular complexity index is 1030. The second kappa shape index (κ2) is 7.06. The number of anilines is 1. The van der Waals surface area contributed by atoms with Crippen molar-refractivity contribution in [3.8, 4) is 11.3 Å². The monoisotopic (exact) mass is 407 g/mol. The number of fused-ring (bicyclic) bond motifs is 1. The summed E-state index contributed by atoms with van der Waals surface area (Å²) in [5, 5.41) is 3.20. The third kappa shape index (κ3) is 3.81. The first-order chi connectivity index (χ1) is 13.3. The van der Waals surface area contributed by atoms with Gasteiger partial charge in [0.25, 0.3) is 5.91 Å². The van der Waals surface area contributed by atoms with Gasteiger partial charge in [-0.05, 0) is 31.3 Å². The number of aromatic nitrogens is 1. The number of hydrogen-bond donors (Lipinski definition) is 1. The van der Waals surface area contributed by atoms with Gasteiger partial charge in [0.15, 0.2) is 10.9 Å². The maximum atomic E-state index is 12.9. The van der Waals surface area contributed by atoms with Crippen molar-refractivity contribution in [1.29, 1.82) is 0 Å². The minimum Gasteiger partial charge on any atom is -0.451 e. The van der Waals surface area contributed by atoms with E-state index >= 15 is 0 Å².